The molecule has 1 unspecified atom stereocenters. The smallest absolute Gasteiger partial charge is 0.112 e. The fourth-order valence-corrected chi connectivity index (χ4v) is 3.13. The van der Waals surface area contributed by atoms with Gasteiger partial charge in [0.15, 0.2) is 0 Å². The number of nitrogens with two attached hydrogens (primary N) is 1. The van der Waals surface area contributed by atoms with E-state index in [4.69, 9.17) is 5.73 Å². The van der Waals surface area contributed by atoms with E-state index in [0.29, 0.717) is 0 Å². The predicted molar refractivity (Wildman–Crippen MR) is 85.1 cm³/mol. The van der Waals surface area contributed by atoms with Crippen LogP contribution >= 0.6 is 11.3 Å². The molecule has 0 aliphatic rings. The molecule has 3 nitrogen and oxygen atoms in total. The summed E-state index contributed by atoms with van der Waals surface area (Å²) in [5.41, 5.74) is 8.73. The molecule has 2 N–H and O–H groups in total. The van der Waals surface area contributed by atoms with Gasteiger partial charge < -0.3 is 10.3 Å². The predicted octanol–water partition coefficient (Wildman–Crippen LogP) is 3.43. The lowest BCUT2D eigenvalue weighted by molar-refractivity contribution is 0.646. The Kier molecular flexibility index (Phi) is 3.85. The minimum Gasteiger partial charge on any atom is -0.340 e. The number of nitrogens with zero attached hydrogens (tertiary/aromatic N) is 2. The SMILES string of the molecule is CCC(N)Cc1cn(Cc2nccs2)c2ccccc12. The Morgan fingerprint density at radius 3 is 2.95 bits per heavy atom. The Labute approximate surface area is 123 Å². The van der Waals surface area contributed by atoms with E-state index in [9.17, 15) is 0 Å². The van der Waals surface area contributed by atoms with Crippen LogP contribution in [-0.4, -0.2) is 15.6 Å². The molecule has 1 aromatic carbocycles. The Hall–Kier alpha value is -1.65. The molecular formula is C16H19N3S. The van der Waals surface area contributed by atoms with Gasteiger partial charge in [0.1, 0.15) is 5.01 Å². The van der Waals surface area contributed by atoms with Gasteiger partial charge >= 0.3 is 0 Å². The highest BCUT2D eigenvalue weighted by Crippen LogP contribution is 2.24. The molecule has 0 aliphatic heterocycles. The normalized spacial score (nSPS) is 12.9. The van der Waals surface area contributed by atoms with Gasteiger partial charge in [0.2, 0.25) is 0 Å². The van der Waals surface area contributed by atoms with E-state index in [1.807, 2.05) is 11.6 Å². The van der Waals surface area contributed by atoms with Gasteiger partial charge in [-0.3, -0.25) is 0 Å². The second-order valence-corrected chi connectivity index (χ2v) is 6.08. The number of benzene rings is 1. The third-order valence-corrected chi connectivity index (χ3v) is 4.43. The molecule has 0 bridgehead atoms. The minimum absolute atomic E-state index is 0.231. The van der Waals surface area contributed by atoms with E-state index >= 15 is 0 Å². The third-order valence-electron chi connectivity index (χ3n) is 3.67. The van der Waals surface area contributed by atoms with Crippen LogP contribution in [0.4, 0.5) is 0 Å². The van der Waals surface area contributed by atoms with Crippen molar-refractivity contribution in [3.8, 4) is 0 Å². The number of rotatable bonds is 5. The standard InChI is InChI=1S/C16H19N3S/c1-2-13(17)9-12-10-19(11-16-18-7-8-20-16)15-6-4-3-5-14(12)15/h3-8,10,13H,2,9,11,17H2,1H3. The Morgan fingerprint density at radius 2 is 2.20 bits per heavy atom. The van der Waals surface area contributed by atoms with Crippen LogP contribution in [0.2, 0.25) is 0 Å². The lowest BCUT2D eigenvalue weighted by Gasteiger charge is -2.06. The maximum Gasteiger partial charge on any atom is 0.112 e. The second kappa shape index (κ2) is 5.77. The molecule has 0 spiro atoms. The molecule has 20 heavy (non-hydrogen) atoms. The van der Waals surface area contributed by atoms with Crippen molar-refractivity contribution in [3.05, 3.63) is 52.6 Å². The average molecular weight is 285 g/mol. The highest BCUT2D eigenvalue weighted by molar-refractivity contribution is 7.09. The first-order valence-electron chi connectivity index (χ1n) is 6.98. The fraction of sp³-hybridized carbons (Fsp3) is 0.312. The van der Waals surface area contributed by atoms with Crippen LogP contribution in [0.1, 0.15) is 23.9 Å². The maximum atomic E-state index is 6.12. The Morgan fingerprint density at radius 1 is 1.35 bits per heavy atom. The van der Waals surface area contributed by atoms with Crippen molar-refractivity contribution < 1.29 is 0 Å². The summed E-state index contributed by atoms with van der Waals surface area (Å²) in [4.78, 5) is 4.38. The molecule has 4 heteroatoms. The Bertz CT molecular complexity index is 685. The molecule has 0 amide bonds. The van der Waals surface area contributed by atoms with Crippen LogP contribution in [0.15, 0.2) is 42.0 Å². The molecule has 1 atom stereocenters. The van der Waals surface area contributed by atoms with Crippen molar-refractivity contribution in [2.24, 2.45) is 5.73 Å². The first-order chi connectivity index (χ1) is 9.78. The van der Waals surface area contributed by atoms with Crippen molar-refractivity contribution in [1.29, 1.82) is 0 Å². The zero-order valence-electron chi connectivity index (χ0n) is 11.6. The van der Waals surface area contributed by atoms with Gasteiger partial charge in [-0.05, 0) is 24.5 Å². The number of hydrogen-bond donors (Lipinski definition) is 1. The average Bonchev–Trinajstić information content (AvgIpc) is 3.09. The summed E-state index contributed by atoms with van der Waals surface area (Å²) < 4.78 is 2.28. The summed E-state index contributed by atoms with van der Waals surface area (Å²) in [5.74, 6) is 0. The molecule has 0 saturated carbocycles. The van der Waals surface area contributed by atoms with E-state index in [0.717, 1.165) is 24.4 Å². The van der Waals surface area contributed by atoms with Crippen molar-refractivity contribution >= 4 is 22.2 Å². The number of fused-ring (bicyclic) bond motifs is 1. The molecular weight excluding hydrogens is 266 g/mol. The summed E-state index contributed by atoms with van der Waals surface area (Å²) in [7, 11) is 0. The molecule has 104 valence electrons. The highest BCUT2D eigenvalue weighted by Gasteiger charge is 2.11. The maximum absolute atomic E-state index is 6.12. The van der Waals surface area contributed by atoms with E-state index in [-0.39, 0.29) is 6.04 Å². The van der Waals surface area contributed by atoms with Crippen LogP contribution in [0.3, 0.4) is 0 Å². The molecule has 2 heterocycles. The van der Waals surface area contributed by atoms with Crippen LogP contribution in [0, 0.1) is 0 Å². The van der Waals surface area contributed by atoms with Gasteiger partial charge in [-0.15, -0.1) is 11.3 Å². The number of thiazole rings is 1. The van der Waals surface area contributed by atoms with Crippen molar-refractivity contribution in [2.75, 3.05) is 0 Å². The number of hydrogen-bond acceptors (Lipinski definition) is 3. The fourth-order valence-electron chi connectivity index (χ4n) is 2.52. The Balaban J connectivity index is 1.99. The monoisotopic (exact) mass is 285 g/mol. The van der Waals surface area contributed by atoms with Crippen LogP contribution < -0.4 is 5.73 Å². The van der Waals surface area contributed by atoms with Crippen LogP contribution in [-0.2, 0) is 13.0 Å². The van der Waals surface area contributed by atoms with Gasteiger partial charge in [0.05, 0.1) is 6.54 Å². The zero-order chi connectivity index (χ0) is 13.9. The van der Waals surface area contributed by atoms with Crippen LogP contribution in [0.25, 0.3) is 10.9 Å². The van der Waals surface area contributed by atoms with Crippen molar-refractivity contribution in [1.82, 2.24) is 9.55 Å². The number of aromatic nitrogens is 2. The van der Waals surface area contributed by atoms with E-state index in [1.165, 1.54) is 16.5 Å². The highest BCUT2D eigenvalue weighted by atomic mass is 32.1. The van der Waals surface area contributed by atoms with E-state index in [1.54, 1.807) is 11.3 Å². The van der Waals surface area contributed by atoms with Gasteiger partial charge in [-0.1, -0.05) is 25.1 Å². The largest absolute Gasteiger partial charge is 0.340 e. The molecule has 0 saturated heterocycles. The third kappa shape index (κ3) is 2.62. The lowest BCUT2D eigenvalue weighted by Crippen LogP contribution is -2.21. The van der Waals surface area contributed by atoms with Gasteiger partial charge in [0, 0.05) is 34.7 Å². The molecule has 0 radical (unpaired) electrons. The van der Waals surface area contributed by atoms with Crippen LogP contribution in [0.5, 0.6) is 0 Å². The second-order valence-electron chi connectivity index (χ2n) is 5.10. The van der Waals surface area contributed by atoms with E-state index in [2.05, 4.69) is 46.9 Å². The van der Waals surface area contributed by atoms with Gasteiger partial charge in [-0.25, -0.2) is 4.98 Å². The van der Waals surface area contributed by atoms with E-state index < -0.39 is 0 Å². The summed E-state index contributed by atoms with van der Waals surface area (Å²) in [6.45, 7) is 2.97. The molecule has 3 rings (SSSR count). The first-order valence-corrected chi connectivity index (χ1v) is 7.86. The molecule has 2 aromatic heterocycles. The molecule has 0 aliphatic carbocycles. The summed E-state index contributed by atoms with van der Waals surface area (Å²) in [6, 6.07) is 8.77. The summed E-state index contributed by atoms with van der Waals surface area (Å²) >= 11 is 1.70. The first kappa shape index (κ1) is 13.3. The van der Waals surface area contributed by atoms with Crippen molar-refractivity contribution in [2.45, 2.75) is 32.4 Å². The lowest BCUT2D eigenvalue weighted by atomic mass is 10.0. The quantitative estimate of drug-likeness (QED) is 0.780. The summed E-state index contributed by atoms with van der Waals surface area (Å²) in [6.07, 6.45) is 6.04. The van der Waals surface area contributed by atoms with Crippen molar-refractivity contribution in [3.63, 3.8) is 0 Å². The topological polar surface area (TPSA) is 43.8 Å². The van der Waals surface area contributed by atoms with Gasteiger partial charge in [0.25, 0.3) is 0 Å². The molecule has 0 fully saturated rings. The zero-order valence-corrected chi connectivity index (χ0v) is 12.4. The minimum atomic E-state index is 0.231. The van der Waals surface area contributed by atoms with Gasteiger partial charge in [-0.2, -0.15) is 0 Å². The number of para-hydroxylation sites is 1. The summed E-state index contributed by atoms with van der Waals surface area (Å²) in [5, 5.41) is 4.47. The molecule has 3 aromatic rings.